The van der Waals surface area contributed by atoms with Crippen molar-refractivity contribution < 1.29 is 12.8 Å². The van der Waals surface area contributed by atoms with Crippen molar-refractivity contribution in [2.45, 2.75) is 32.7 Å². The highest BCUT2D eigenvalue weighted by molar-refractivity contribution is 7.92. The highest BCUT2D eigenvalue weighted by Crippen LogP contribution is 2.21. The van der Waals surface area contributed by atoms with Crippen molar-refractivity contribution in [1.82, 2.24) is 0 Å². The van der Waals surface area contributed by atoms with Crippen molar-refractivity contribution >= 4 is 21.4 Å². The Morgan fingerprint density at radius 2 is 1.89 bits per heavy atom. The van der Waals surface area contributed by atoms with E-state index in [-0.39, 0.29) is 5.69 Å². The van der Waals surface area contributed by atoms with Gasteiger partial charge in [0.25, 0.3) is 0 Å². The summed E-state index contributed by atoms with van der Waals surface area (Å²) in [6, 6.07) is 4.61. The molecule has 0 radical (unpaired) electrons. The fraction of sp³-hybridized carbons (Fsp3) is 0.500. The van der Waals surface area contributed by atoms with Crippen molar-refractivity contribution in [3.05, 3.63) is 24.0 Å². The number of anilines is 2. The molecule has 0 aliphatic rings. The van der Waals surface area contributed by atoms with Gasteiger partial charge in [-0.25, -0.2) is 12.8 Å². The van der Waals surface area contributed by atoms with Crippen molar-refractivity contribution in [2.75, 3.05) is 16.3 Å². The lowest BCUT2D eigenvalue weighted by molar-refractivity contribution is 0.603. The number of hydrogen-bond donors (Lipinski definition) is 2. The molecule has 0 aliphatic carbocycles. The second-order valence-electron chi connectivity index (χ2n) is 4.23. The maximum absolute atomic E-state index is 13.4. The van der Waals surface area contributed by atoms with E-state index in [9.17, 15) is 12.8 Å². The van der Waals surface area contributed by atoms with Gasteiger partial charge >= 0.3 is 0 Å². The number of hydrogen-bond acceptors (Lipinski definition) is 3. The van der Waals surface area contributed by atoms with E-state index in [1.54, 1.807) is 6.07 Å². The standard InChI is InChI=1S/C12H19FN2O2S/c1-4-9(5-2)14-10-6-7-11(13)12(8-10)15-18(3,16)17/h6-9,14-15H,4-5H2,1-3H3. The molecule has 1 rings (SSSR count). The first-order valence-electron chi connectivity index (χ1n) is 5.89. The molecule has 1 aromatic rings. The lowest BCUT2D eigenvalue weighted by atomic mass is 10.1. The van der Waals surface area contributed by atoms with Gasteiger partial charge in [-0.15, -0.1) is 0 Å². The second-order valence-corrected chi connectivity index (χ2v) is 5.98. The molecule has 102 valence electrons. The fourth-order valence-electron chi connectivity index (χ4n) is 1.62. The van der Waals surface area contributed by atoms with Crippen LogP contribution in [0.2, 0.25) is 0 Å². The highest BCUT2D eigenvalue weighted by atomic mass is 32.2. The number of sulfonamides is 1. The molecule has 0 aromatic heterocycles. The third kappa shape index (κ3) is 4.52. The van der Waals surface area contributed by atoms with Gasteiger partial charge in [0, 0.05) is 11.7 Å². The Morgan fingerprint density at radius 3 is 2.39 bits per heavy atom. The Labute approximate surface area is 108 Å². The molecule has 6 heteroatoms. The zero-order valence-electron chi connectivity index (χ0n) is 10.8. The van der Waals surface area contributed by atoms with Crippen molar-refractivity contribution in [1.29, 1.82) is 0 Å². The molecular weight excluding hydrogens is 255 g/mol. The number of benzene rings is 1. The van der Waals surface area contributed by atoms with Crippen LogP contribution in [-0.4, -0.2) is 20.7 Å². The van der Waals surface area contributed by atoms with Crippen molar-refractivity contribution in [3.63, 3.8) is 0 Å². The second kappa shape index (κ2) is 6.04. The van der Waals surface area contributed by atoms with Crippen LogP contribution < -0.4 is 10.0 Å². The Bertz CT molecular complexity index is 499. The van der Waals surface area contributed by atoms with Gasteiger partial charge in [-0.05, 0) is 31.0 Å². The van der Waals surface area contributed by atoms with Crippen LogP contribution in [-0.2, 0) is 10.0 Å². The molecule has 0 aliphatic heterocycles. The van der Waals surface area contributed by atoms with E-state index in [0.29, 0.717) is 11.7 Å². The first-order chi connectivity index (χ1) is 8.35. The first-order valence-corrected chi connectivity index (χ1v) is 7.78. The van der Waals surface area contributed by atoms with E-state index < -0.39 is 15.8 Å². The van der Waals surface area contributed by atoms with Crippen LogP contribution in [0.15, 0.2) is 18.2 Å². The van der Waals surface area contributed by atoms with E-state index in [1.165, 1.54) is 12.1 Å². The Kier molecular flexibility index (Phi) is 4.95. The van der Waals surface area contributed by atoms with Crippen LogP contribution in [0.5, 0.6) is 0 Å². The monoisotopic (exact) mass is 274 g/mol. The summed E-state index contributed by atoms with van der Waals surface area (Å²) in [6.07, 6.45) is 2.89. The third-order valence-corrected chi connectivity index (χ3v) is 3.21. The minimum absolute atomic E-state index is 0.0338. The van der Waals surface area contributed by atoms with Gasteiger partial charge in [0.2, 0.25) is 10.0 Å². The van der Waals surface area contributed by atoms with E-state index in [0.717, 1.165) is 19.1 Å². The van der Waals surface area contributed by atoms with Crippen molar-refractivity contribution in [3.8, 4) is 0 Å². The lowest BCUT2D eigenvalue weighted by Gasteiger charge is -2.17. The summed E-state index contributed by atoms with van der Waals surface area (Å²) in [4.78, 5) is 0. The van der Waals surface area contributed by atoms with Gasteiger partial charge in [0.15, 0.2) is 0 Å². The molecule has 0 spiro atoms. The molecule has 0 bridgehead atoms. The van der Waals surface area contributed by atoms with Crippen LogP contribution in [0.3, 0.4) is 0 Å². The summed E-state index contributed by atoms with van der Waals surface area (Å²) in [7, 11) is -3.47. The van der Waals surface area contributed by atoms with Gasteiger partial charge in [0.05, 0.1) is 11.9 Å². The lowest BCUT2D eigenvalue weighted by Crippen LogP contribution is -2.17. The van der Waals surface area contributed by atoms with Gasteiger partial charge in [-0.1, -0.05) is 13.8 Å². The van der Waals surface area contributed by atoms with E-state index >= 15 is 0 Å². The number of halogens is 1. The predicted octanol–water partition coefficient (Wildman–Crippen LogP) is 2.80. The average Bonchev–Trinajstić information content (AvgIpc) is 2.28. The van der Waals surface area contributed by atoms with Crippen LogP contribution in [0, 0.1) is 5.82 Å². The van der Waals surface area contributed by atoms with Gasteiger partial charge in [-0.3, -0.25) is 4.72 Å². The summed E-state index contributed by atoms with van der Waals surface area (Å²) >= 11 is 0. The fourth-order valence-corrected chi connectivity index (χ4v) is 2.18. The molecule has 0 saturated heterocycles. The summed E-state index contributed by atoms with van der Waals surface area (Å²) in [5.41, 5.74) is 0.671. The number of rotatable bonds is 6. The normalized spacial score (nSPS) is 11.6. The minimum atomic E-state index is -3.47. The maximum Gasteiger partial charge on any atom is 0.229 e. The molecule has 18 heavy (non-hydrogen) atoms. The summed E-state index contributed by atoms with van der Waals surface area (Å²) < 4.78 is 37.8. The molecule has 0 unspecified atom stereocenters. The Morgan fingerprint density at radius 1 is 1.28 bits per heavy atom. The van der Waals surface area contributed by atoms with Crippen molar-refractivity contribution in [2.24, 2.45) is 0 Å². The largest absolute Gasteiger partial charge is 0.382 e. The molecule has 0 atom stereocenters. The highest BCUT2D eigenvalue weighted by Gasteiger charge is 2.10. The smallest absolute Gasteiger partial charge is 0.229 e. The van der Waals surface area contributed by atoms with Crippen LogP contribution in [0.1, 0.15) is 26.7 Å². The molecule has 2 N–H and O–H groups in total. The molecule has 4 nitrogen and oxygen atoms in total. The van der Waals surface area contributed by atoms with E-state index in [2.05, 4.69) is 23.9 Å². The van der Waals surface area contributed by atoms with Crippen LogP contribution >= 0.6 is 0 Å². The van der Waals surface area contributed by atoms with Crippen LogP contribution in [0.4, 0.5) is 15.8 Å². The van der Waals surface area contributed by atoms with Gasteiger partial charge < -0.3 is 5.32 Å². The zero-order chi connectivity index (χ0) is 13.8. The van der Waals surface area contributed by atoms with E-state index in [1.807, 2.05) is 0 Å². The zero-order valence-corrected chi connectivity index (χ0v) is 11.6. The summed E-state index contributed by atoms with van der Waals surface area (Å²) in [6.45, 7) is 4.11. The molecule has 0 amide bonds. The molecular formula is C12H19FN2O2S. The minimum Gasteiger partial charge on any atom is -0.382 e. The maximum atomic E-state index is 13.4. The third-order valence-electron chi connectivity index (χ3n) is 2.62. The number of nitrogens with one attached hydrogen (secondary N) is 2. The average molecular weight is 274 g/mol. The summed E-state index contributed by atoms with van der Waals surface area (Å²) in [5.74, 6) is -0.587. The van der Waals surface area contributed by atoms with Gasteiger partial charge in [0.1, 0.15) is 5.82 Å². The summed E-state index contributed by atoms with van der Waals surface area (Å²) in [5, 5.41) is 3.23. The molecule has 0 heterocycles. The predicted molar refractivity (Wildman–Crippen MR) is 72.9 cm³/mol. The topological polar surface area (TPSA) is 58.2 Å². The molecule has 0 saturated carbocycles. The Hall–Kier alpha value is -1.30. The van der Waals surface area contributed by atoms with Crippen LogP contribution in [0.25, 0.3) is 0 Å². The Balaban J connectivity index is 2.93. The van der Waals surface area contributed by atoms with E-state index in [4.69, 9.17) is 0 Å². The first kappa shape index (κ1) is 14.8. The SMILES string of the molecule is CCC(CC)Nc1ccc(F)c(NS(C)(=O)=O)c1. The van der Waals surface area contributed by atoms with Gasteiger partial charge in [-0.2, -0.15) is 0 Å². The molecule has 1 aromatic carbocycles. The molecule has 0 fully saturated rings. The quantitative estimate of drug-likeness (QED) is 0.838.